The van der Waals surface area contributed by atoms with Crippen LogP contribution in [0.15, 0.2) is 0 Å². The van der Waals surface area contributed by atoms with Gasteiger partial charge in [-0.2, -0.15) is 0 Å². The van der Waals surface area contributed by atoms with Crippen molar-refractivity contribution in [3.8, 4) is 0 Å². The Morgan fingerprint density at radius 3 is 2.73 bits per heavy atom. The normalized spacial score (nSPS) is 26.7. The number of nitrogens with zero attached hydrogens (tertiary/aromatic N) is 1. The largest absolute Gasteiger partial charge is 0.384 e. The van der Waals surface area contributed by atoms with Crippen LogP contribution < -0.4 is 0 Å². The molecule has 0 bridgehead atoms. The number of carbonyl (C=O) groups is 1. The standard InChI is InChI=1S/C11H20ClNO2/c1-8(12)10(14)13-5-9(6-15-4)11(2,3)7-13/h8-9H,5-7H2,1-4H3. The van der Waals surface area contributed by atoms with Crippen LogP contribution >= 0.6 is 11.6 Å². The first-order chi connectivity index (χ1) is 6.88. The molecule has 1 rings (SSSR count). The van der Waals surface area contributed by atoms with Gasteiger partial charge in [-0.15, -0.1) is 11.6 Å². The molecule has 1 fully saturated rings. The van der Waals surface area contributed by atoms with Gasteiger partial charge in [-0.05, 0) is 12.3 Å². The van der Waals surface area contributed by atoms with E-state index in [1.54, 1.807) is 14.0 Å². The Balaban J connectivity index is 2.65. The summed E-state index contributed by atoms with van der Waals surface area (Å²) in [7, 11) is 1.70. The van der Waals surface area contributed by atoms with Crippen LogP contribution in [0.25, 0.3) is 0 Å². The zero-order chi connectivity index (χ0) is 11.6. The van der Waals surface area contributed by atoms with Crippen molar-refractivity contribution in [2.75, 3.05) is 26.8 Å². The zero-order valence-corrected chi connectivity index (χ0v) is 10.7. The van der Waals surface area contributed by atoms with E-state index in [-0.39, 0.29) is 11.3 Å². The first kappa shape index (κ1) is 12.8. The molecule has 0 aliphatic carbocycles. The van der Waals surface area contributed by atoms with Crippen molar-refractivity contribution in [3.05, 3.63) is 0 Å². The van der Waals surface area contributed by atoms with E-state index < -0.39 is 5.38 Å². The molecule has 2 atom stereocenters. The van der Waals surface area contributed by atoms with Crippen molar-refractivity contribution >= 4 is 17.5 Å². The van der Waals surface area contributed by atoms with Gasteiger partial charge in [-0.3, -0.25) is 4.79 Å². The van der Waals surface area contributed by atoms with Gasteiger partial charge in [0.1, 0.15) is 5.38 Å². The van der Waals surface area contributed by atoms with E-state index in [0.717, 1.165) is 13.1 Å². The Morgan fingerprint density at radius 1 is 1.67 bits per heavy atom. The lowest BCUT2D eigenvalue weighted by atomic mass is 9.83. The van der Waals surface area contributed by atoms with E-state index >= 15 is 0 Å². The minimum atomic E-state index is -0.429. The molecule has 2 unspecified atom stereocenters. The fraction of sp³-hybridized carbons (Fsp3) is 0.909. The number of methoxy groups -OCH3 is 1. The van der Waals surface area contributed by atoms with Gasteiger partial charge >= 0.3 is 0 Å². The topological polar surface area (TPSA) is 29.5 Å². The van der Waals surface area contributed by atoms with Gasteiger partial charge in [-0.25, -0.2) is 0 Å². The monoisotopic (exact) mass is 233 g/mol. The highest BCUT2D eigenvalue weighted by molar-refractivity contribution is 6.30. The third-order valence-corrected chi connectivity index (χ3v) is 3.35. The van der Waals surface area contributed by atoms with Crippen LogP contribution in [0.4, 0.5) is 0 Å². The van der Waals surface area contributed by atoms with Crippen LogP contribution in [0.5, 0.6) is 0 Å². The molecular formula is C11H20ClNO2. The number of ether oxygens (including phenoxy) is 1. The molecule has 0 N–H and O–H groups in total. The lowest BCUT2D eigenvalue weighted by molar-refractivity contribution is -0.129. The van der Waals surface area contributed by atoms with E-state index in [4.69, 9.17) is 16.3 Å². The summed E-state index contributed by atoms with van der Waals surface area (Å²) in [5.74, 6) is 0.435. The summed E-state index contributed by atoms with van der Waals surface area (Å²) in [5.41, 5.74) is 0.122. The molecule has 4 heteroatoms. The van der Waals surface area contributed by atoms with Gasteiger partial charge in [-0.1, -0.05) is 13.8 Å². The van der Waals surface area contributed by atoms with Crippen LogP contribution in [0, 0.1) is 11.3 Å². The second kappa shape index (κ2) is 4.71. The predicted molar refractivity (Wildman–Crippen MR) is 61.0 cm³/mol. The average molecular weight is 234 g/mol. The number of hydrogen-bond donors (Lipinski definition) is 0. The fourth-order valence-corrected chi connectivity index (χ4v) is 2.24. The number of halogens is 1. The summed E-state index contributed by atoms with van der Waals surface area (Å²) < 4.78 is 5.18. The third kappa shape index (κ3) is 2.85. The third-order valence-electron chi connectivity index (χ3n) is 3.16. The lowest BCUT2D eigenvalue weighted by Crippen LogP contribution is -2.34. The lowest BCUT2D eigenvalue weighted by Gasteiger charge is -2.24. The minimum Gasteiger partial charge on any atom is -0.384 e. The molecule has 1 aliphatic rings. The van der Waals surface area contributed by atoms with Gasteiger partial charge in [0, 0.05) is 26.1 Å². The van der Waals surface area contributed by atoms with Gasteiger partial charge in [0.25, 0.3) is 0 Å². The van der Waals surface area contributed by atoms with Gasteiger partial charge in [0.2, 0.25) is 5.91 Å². The highest BCUT2D eigenvalue weighted by atomic mass is 35.5. The summed E-state index contributed by atoms with van der Waals surface area (Å²) in [5, 5.41) is -0.429. The Labute approximate surface area is 96.7 Å². The van der Waals surface area contributed by atoms with Crippen LogP contribution in [-0.2, 0) is 9.53 Å². The van der Waals surface area contributed by atoms with E-state index in [0.29, 0.717) is 12.5 Å². The maximum atomic E-state index is 11.7. The molecule has 1 heterocycles. The Hall–Kier alpha value is -0.280. The number of rotatable bonds is 3. The minimum absolute atomic E-state index is 0.0309. The summed E-state index contributed by atoms with van der Waals surface area (Å²) in [6.07, 6.45) is 0. The molecular weight excluding hydrogens is 214 g/mol. The van der Waals surface area contributed by atoms with Crippen LogP contribution in [-0.4, -0.2) is 43.0 Å². The van der Waals surface area contributed by atoms with Crippen LogP contribution in [0.3, 0.4) is 0 Å². The van der Waals surface area contributed by atoms with E-state index in [9.17, 15) is 4.79 Å². The van der Waals surface area contributed by atoms with Crippen molar-refractivity contribution in [2.24, 2.45) is 11.3 Å². The van der Waals surface area contributed by atoms with Crippen molar-refractivity contribution < 1.29 is 9.53 Å². The molecule has 3 nitrogen and oxygen atoms in total. The molecule has 0 radical (unpaired) electrons. The first-order valence-electron chi connectivity index (χ1n) is 5.30. The summed E-state index contributed by atoms with van der Waals surface area (Å²) >= 11 is 5.80. The highest BCUT2D eigenvalue weighted by Crippen LogP contribution is 2.35. The van der Waals surface area contributed by atoms with Gasteiger partial charge < -0.3 is 9.64 Å². The summed E-state index contributed by atoms with van der Waals surface area (Å²) in [6.45, 7) is 8.30. The number of carbonyl (C=O) groups excluding carboxylic acids is 1. The number of amides is 1. The van der Waals surface area contributed by atoms with Crippen molar-refractivity contribution in [2.45, 2.75) is 26.1 Å². The second-order valence-electron chi connectivity index (χ2n) is 4.98. The number of hydrogen-bond acceptors (Lipinski definition) is 2. The molecule has 88 valence electrons. The number of likely N-dealkylation sites (tertiary alicyclic amines) is 1. The molecule has 0 aromatic rings. The molecule has 0 aromatic carbocycles. The maximum Gasteiger partial charge on any atom is 0.240 e. The molecule has 0 spiro atoms. The zero-order valence-electron chi connectivity index (χ0n) is 9.92. The Bertz CT molecular complexity index is 241. The van der Waals surface area contributed by atoms with Crippen molar-refractivity contribution in [3.63, 3.8) is 0 Å². The molecule has 1 saturated heterocycles. The molecule has 1 amide bonds. The highest BCUT2D eigenvalue weighted by Gasteiger charge is 2.41. The quantitative estimate of drug-likeness (QED) is 0.695. The van der Waals surface area contributed by atoms with Crippen molar-refractivity contribution in [1.29, 1.82) is 0 Å². The molecule has 0 aromatic heterocycles. The SMILES string of the molecule is COCC1CN(C(=O)C(C)Cl)CC1(C)C. The van der Waals surface area contributed by atoms with Crippen molar-refractivity contribution in [1.82, 2.24) is 4.90 Å². The molecule has 0 saturated carbocycles. The smallest absolute Gasteiger partial charge is 0.240 e. The Kier molecular flexibility index (Phi) is 4.01. The fourth-order valence-electron chi connectivity index (χ4n) is 2.10. The van der Waals surface area contributed by atoms with Crippen LogP contribution in [0.1, 0.15) is 20.8 Å². The summed E-state index contributed by atoms with van der Waals surface area (Å²) in [4.78, 5) is 13.6. The van der Waals surface area contributed by atoms with Gasteiger partial charge in [0.15, 0.2) is 0 Å². The van der Waals surface area contributed by atoms with E-state index in [2.05, 4.69) is 13.8 Å². The molecule has 15 heavy (non-hydrogen) atoms. The maximum absolute atomic E-state index is 11.7. The van der Waals surface area contributed by atoms with Gasteiger partial charge in [0.05, 0.1) is 6.61 Å². The van der Waals surface area contributed by atoms with E-state index in [1.807, 2.05) is 4.90 Å². The second-order valence-corrected chi connectivity index (χ2v) is 5.63. The Morgan fingerprint density at radius 2 is 2.27 bits per heavy atom. The number of alkyl halides is 1. The first-order valence-corrected chi connectivity index (χ1v) is 5.74. The molecule has 1 aliphatic heterocycles. The van der Waals surface area contributed by atoms with Crippen LogP contribution in [0.2, 0.25) is 0 Å². The summed E-state index contributed by atoms with van der Waals surface area (Å²) in [6, 6.07) is 0. The average Bonchev–Trinajstić information content (AvgIpc) is 2.41. The van der Waals surface area contributed by atoms with E-state index in [1.165, 1.54) is 0 Å². The predicted octanol–water partition coefficient (Wildman–Crippen LogP) is 1.74.